The van der Waals surface area contributed by atoms with Gasteiger partial charge in [-0.25, -0.2) is 0 Å². The Morgan fingerprint density at radius 3 is 2.68 bits per heavy atom. The number of hydrogen-bond donors (Lipinski definition) is 1. The van der Waals surface area contributed by atoms with Crippen LogP contribution < -0.4 is 16.2 Å². The SMILES string of the molecule is C=c1cc(CCCCC)c(=C)c2c1C(N)=C(Cl)C(CCC=C(C)C)C2. The molecule has 0 bridgehead atoms. The van der Waals surface area contributed by atoms with E-state index in [1.54, 1.807) is 0 Å². The molecule has 1 aromatic carbocycles. The number of aryl methyl sites for hydroxylation is 1. The van der Waals surface area contributed by atoms with E-state index in [9.17, 15) is 0 Å². The van der Waals surface area contributed by atoms with Gasteiger partial charge in [0.25, 0.3) is 0 Å². The van der Waals surface area contributed by atoms with Crippen molar-refractivity contribution in [2.45, 2.75) is 65.7 Å². The minimum Gasteiger partial charge on any atom is -0.397 e. The van der Waals surface area contributed by atoms with Crippen LogP contribution in [0.4, 0.5) is 0 Å². The predicted octanol–water partition coefficient (Wildman–Crippen LogP) is 5.02. The van der Waals surface area contributed by atoms with Crippen molar-refractivity contribution in [3.63, 3.8) is 0 Å². The Labute approximate surface area is 158 Å². The fourth-order valence-electron chi connectivity index (χ4n) is 3.73. The summed E-state index contributed by atoms with van der Waals surface area (Å²) in [5, 5.41) is 2.95. The number of unbranched alkanes of at least 4 members (excludes halogenated alkanes) is 2. The molecular weight excluding hydrogens is 326 g/mol. The van der Waals surface area contributed by atoms with Gasteiger partial charge in [0.15, 0.2) is 0 Å². The molecule has 1 aromatic rings. The van der Waals surface area contributed by atoms with Crippen LogP contribution in [0.25, 0.3) is 18.9 Å². The second-order valence-electron chi connectivity index (χ2n) is 7.51. The minimum absolute atomic E-state index is 0.288. The molecule has 1 atom stereocenters. The standard InChI is InChI=1S/C23H32ClN/c1-6-7-8-11-18-13-16(4)21-20(17(18)5)14-19(22(24)23(21)25)12-9-10-15(2)3/h10,13,19H,4-9,11-12,14,25H2,1-3H3. The van der Waals surface area contributed by atoms with E-state index in [1.807, 2.05) is 0 Å². The smallest absolute Gasteiger partial charge is 0.0547 e. The summed E-state index contributed by atoms with van der Waals surface area (Å²) in [6, 6.07) is 2.16. The number of benzene rings is 1. The molecule has 1 aliphatic rings. The third kappa shape index (κ3) is 4.58. The second-order valence-corrected chi connectivity index (χ2v) is 7.91. The Morgan fingerprint density at radius 2 is 2.04 bits per heavy atom. The molecule has 0 heterocycles. The lowest BCUT2D eigenvalue weighted by Gasteiger charge is -2.27. The topological polar surface area (TPSA) is 26.0 Å². The van der Waals surface area contributed by atoms with E-state index in [4.69, 9.17) is 17.3 Å². The maximum Gasteiger partial charge on any atom is 0.0547 e. The van der Waals surface area contributed by atoms with E-state index in [0.717, 1.165) is 46.7 Å². The Morgan fingerprint density at radius 1 is 1.32 bits per heavy atom. The molecule has 1 unspecified atom stereocenters. The molecule has 2 rings (SSSR count). The number of nitrogens with two attached hydrogens (primary N) is 1. The molecule has 136 valence electrons. The fourth-order valence-corrected chi connectivity index (χ4v) is 4.02. The van der Waals surface area contributed by atoms with Crippen LogP contribution >= 0.6 is 11.6 Å². The molecule has 2 N–H and O–H groups in total. The first-order valence-electron chi connectivity index (χ1n) is 9.48. The highest BCUT2D eigenvalue weighted by atomic mass is 35.5. The van der Waals surface area contributed by atoms with E-state index in [0.29, 0.717) is 5.70 Å². The predicted molar refractivity (Wildman–Crippen MR) is 113 cm³/mol. The van der Waals surface area contributed by atoms with Crippen LogP contribution in [0.1, 0.15) is 69.6 Å². The zero-order chi connectivity index (χ0) is 18.6. The highest BCUT2D eigenvalue weighted by Gasteiger charge is 2.26. The molecular formula is C23H32ClN. The van der Waals surface area contributed by atoms with Gasteiger partial charge in [-0.2, -0.15) is 0 Å². The van der Waals surface area contributed by atoms with Gasteiger partial charge in [0.1, 0.15) is 0 Å². The van der Waals surface area contributed by atoms with Crippen LogP contribution in [0.15, 0.2) is 22.7 Å². The van der Waals surface area contributed by atoms with Crippen molar-refractivity contribution in [1.29, 1.82) is 0 Å². The van der Waals surface area contributed by atoms with Crippen LogP contribution in [0.3, 0.4) is 0 Å². The fraction of sp³-hybridized carbons (Fsp3) is 0.478. The van der Waals surface area contributed by atoms with Crippen molar-refractivity contribution < 1.29 is 0 Å². The van der Waals surface area contributed by atoms with Crippen molar-refractivity contribution in [3.05, 3.63) is 49.9 Å². The molecule has 25 heavy (non-hydrogen) atoms. The maximum absolute atomic E-state index is 6.63. The summed E-state index contributed by atoms with van der Waals surface area (Å²) in [4.78, 5) is 0. The summed E-state index contributed by atoms with van der Waals surface area (Å²) in [5.41, 5.74) is 12.1. The quantitative estimate of drug-likeness (QED) is 0.537. The molecule has 1 aliphatic carbocycles. The lowest BCUT2D eigenvalue weighted by molar-refractivity contribution is 0.574. The summed E-state index contributed by atoms with van der Waals surface area (Å²) in [5.74, 6) is 0.288. The average molecular weight is 358 g/mol. The van der Waals surface area contributed by atoms with Crippen LogP contribution in [0.5, 0.6) is 0 Å². The summed E-state index contributed by atoms with van der Waals surface area (Å²) < 4.78 is 0. The van der Waals surface area contributed by atoms with Crippen molar-refractivity contribution in [1.82, 2.24) is 0 Å². The Hall–Kier alpha value is -1.47. The van der Waals surface area contributed by atoms with Crippen LogP contribution in [0, 0.1) is 5.92 Å². The molecule has 0 radical (unpaired) electrons. The van der Waals surface area contributed by atoms with Crippen LogP contribution in [-0.4, -0.2) is 0 Å². The molecule has 0 saturated heterocycles. The highest BCUT2D eigenvalue weighted by Crippen LogP contribution is 2.34. The van der Waals surface area contributed by atoms with Crippen molar-refractivity contribution in [2.24, 2.45) is 11.7 Å². The summed E-state index contributed by atoms with van der Waals surface area (Å²) in [6.07, 6.45) is 10.0. The van der Waals surface area contributed by atoms with E-state index in [2.05, 4.69) is 46.1 Å². The molecule has 1 nitrogen and oxygen atoms in total. The van der Waals surface area contributed by atoms with Crippen molar-refractivity contribution >= 4 is 30.5 Å². The van der Waals surface area contributed by atoms with Gasteiger partial charge in [0.05, 0.1) is 5.70 Å². The third-order valence-corrected chi connectivity index (χ3v) is 5.69. The van der Waals surface area contributed by atoms with E-state index >= 15 is 0 Å². The summed E-state index contributed by atoms with van der Waals surface area (Å²) in [6.45, 7) is 15.1. The van der Waals surface area contributed by atoms with Crippen molar-refractivity contribution in [3.8, 4) is 0 Å². The van der Waals surface area contributed by atoms with Crippen LogP contribution in [-0.2, 0) is 12.8 Å². The molecule has 2 heteroatoms. The van der Waals surface area contributed by atoms with Crippen molar-refractivity contribution in [2.75, 3.05) is 0 Å². The van der Waals surface area contributed by atoms with Gasteiger partial charge in [-0.3, -0.25) is 0 Å². The zero-order valence-electron chi connectivity index (χ0n) is 16.1. The van der Waals surface area contributed by atoms with Gasteiger partial charge >= 0.3 is 0 Å². The van der Waals surface area contributed by atoms with Gasteiger partial charge in [-0.05, 0) is 67.5 Å². The first-order valence-corrected chi connectivity index (χ1v) is 9.86. The lowest BCUT2D eigenvalue weighted by Crippen LogP contribution is -2.31. The number of halogens is 1. The second kappa shape index (κ2) is 8.76. The molecule has 0 spiro atoms. The molecule has 0 aromatic heterocycles. The number of rotatable bonds is 7. The number of hydrogen-bond acceptors (Lipinski definition) is 1. The highest BCUT2D eigenvalue weighted by molar-refractivity contribution is 6.33. The first-order chi connectivity index (χ1) is 11.9. The first kappa shape index (κ1) is 19.8. The Bertz CT molecular complexity index is 781. The van der Waals surface area contributed by atoms with Gasteiger partial charge in [-0.15, -0.1) is 0 Å². The Kier molecular flexibility index (Phi) is 6.95. The third-order valence-electron chi connectivity index (χ3n) is 5.18. The summed E-state index contributed by atoms with van der Waals surface area (Å²) >= 11 is 6.63. The maximum atomic E-state index is 6.63. The van der Waals surface area contributed by atoms with E-state index in [-0.39, 0.29) is 5.92 Å². The molecule has 0 fully saturated rings. The normalized spacial score (nSPS) is 16.7. The van der Waals surface area contributed by atoms with Gasteiger partial charge in [-0.1, -0.05) is 62.2 Å². The molecule has 0 amide bonds. The number of allylic oxidation sites excluding steroid dienone is 3. The summed E-state index contributed by atoms with van der Waals surface area (Å²) in [7, 11) is 0. The van der Waals surface area contributed by atoms with Gasteiger partial charge in [0, 0.05) is 16.5 Å². The van der Waals surface area contributed by atoms with E-state index in [1.165, 1.54) is 36.0 Å². The largest absolute Gasteiger partial charge is 0.397 e. The lowest BCUT2D eigenvalue weighted by atomic mass is 9.81. The van der Waals surface area contributed by atoms with Crippen LogP contribution in [0.2, 0.25) is 0 Å². The van der Waals surface area contributed by atoms with Gasteiger partial charge in [0.2, 0.25) is 0 Å². The average Bonchev–Trinajstić information content (AvgIpc) is 2.55. The monoisotopic (exact) mass is 357 g/mol. The Balaban J connectivity index is 2.36. The molecule has 0 saturated carbocycles. The van der Waals surface area contributed by atoms with E-state index < -0.39 is 0 Å². The van der Waals surface area contributed by atoms with Gasteiger partial charge < -0.3 is 5.73 Å². The minimum atomic E-state index is 0.288. The molecule has 0 aliphatic heterocycles. The zero-order valence-corrected chi connectivity index (χ0v) is 16.8. The number of fused-ring (bicyclic) bond motifs is 1.